The van der Waals surface area contributed by atoms with E-state index < -0.39 is 10.8 Å². The average molecular weight is 400 g/mol. The third-order valence-electron chi connectivity index (χ3n) is 2.66. The first-order valence-corrected chi connectivity index (χ1v) is 7.31. The summed E-state index contributed by atoms with van der Waals surface area (Å²) in [6.45, 7) is 0. The number of hydrogen-bond acceptors (Lipinski definition) is 6. The number of carbonyl (C=O) groups is 1. The van der Waals surface area contributed by atoms with Gasteiger partial charge in [-0.25, -0.2) is 0 Å². The van der Waals surface area contributed by atoms with Crippen molar-refractivity contribution in [3.63, 3.8) is 0 Å². The van der Waals surface area contributed by atoms with Gasteiger partial charge in [0.2, 0.25) is 0 Å². The minimum Gasteiger partial charge on any atom is -0.490 e. The van der Waals surface area contributed by atoms with Gasteiger partial charge >= 0.3 is 5.69 Å². The molecule has 0 aliphatic carbocycles. The second kappa shape index (κ2) is 7.20. The molecule has 1 aromatic heterocycles. The van der Waals surface area contributed by atoms with Crippen molar-refractivity contribution in [2.45, 2.75) is 0 Å². The molecule has 2 N–H and O–H groups in total. The van der Waals surface area contributed by atoms with Crippen molar-refractivity contribution in [1.29, 1.82) is 0 Å². The van der Waals surface area contributed by atoms with Crippen molar-refractivity contribution in [3.05, 3.63) is 50.9 Å². The summed E-state index contributed by atoms with van der Waals surface area (Å²) in [6.07, 6.45) is 0. The molecule has 1 heterocycles. The van der Waals surface area contributed by atoms with E-state index in [4.69, 9.17) is 21.4 Å². The summed E-state index contributed by atoms with van der Waals surface area (Å²) in [6, 6.07) is 7.25. The fraction of sp³-hybridized carbons (Fsp3) is 0.0769. The van der Waals surface area contributed by atoms with E-state index in [1.807, 2.05) is 0 Å². The number of amides is 1. The van der Waals surface area contributed by atoms with Gasteiger partial charge < -0.3 is 14.5 Å². The SMILES string of the molecule is COc1ccc(NC(=S)NC(=O)c2ccc(Br)o2)cc1[N+](=O)[O-]. The summed E-state index contributed by atoms with van der Waals surface area (Å²) in [5, 5.41) is 16.0. The molecule has 8 nitrogen and oxygen atoms in total. The molecule has 0 fully saturated rings. The largest absolute Gasteiger partial charge is 0.490 e. The topological polar surface area (TPSA) is 107 Å². The Hall–Kier alpha value is -2.46. The zero-order valence-electron chi connectivity index (χ0n) is 11.7. The molecule has 2 aromatic rings. The molecule has 1 amide bonds. The first-order chi connectivity index (χ1) is 10.9. The van der Waals surface area contributed by atoms with Gasteiger partial charge in [0.15, 0.2) is 21.3 Å². The predicted octanol–water partition coefficient (Wildman–Crippen LogP) is 3.09. The van der Waals surface area contributed by atoms with E-state index in [-0.39, 0.29) is 22.3 Å². The standard InChI is InChI=1S/C13H10BrN3O5S/c1-21-9-3-2-7(6-8(9)17(19)20)15-13(23)16-12(18)10-4-5-11(14)22-10/h2-6H,1H3,(H2,15,16,18,23). The first kappa shape index (κ1) is 16.9. The number of carbonyl (C=O) groups excluding carboxylic acids is 1. The van der Waals surface area contributed by atoms with E-state index in [1.54, 1.807) is 6.07 Å². The second-order valence-electron chi connectivity index (χ2n) is 4.16. The number of anilines is 1. The molecule has 0 saturated heterocycles. The van der Waals surface area contributed by atoms with Crippen LogP contribution in [-0.2, 0) is 0 Å². The Morgan fingerprint density at radius 2 is 2.13 bits per heavy atom. The normalized spacial score (nSPS) is 10.0. The van der Waals surface area contributed by atoms with Crippen LogP contribution in [0.4, 0.5) is 11.4 Å². The minimum atomic E-state index is -0.577. The third kappa shape index (κ3) is 4.27. The number of halogens is 1. The number of hydrogen-bond donors (Lipinski definition) is 2. The summed E-state index contributed by atoms with van der Waals surface area (Å²) in [7, 11) is 1.34. The Kier molecular flexibility index (Phi) is 5.29. The molecule has 120 valence electrons. The summed E-state index contributed by atoms with van der Waals surface area (Å²) in [5.74, 6) is -0.353. The van der Waals surface area contributed by atoms with Crippen molar-refractivity contribution >= 4 is 50.5 Å². The van der Waals surface area contributed by atoms with Crippen LogP contribution in [0.1, 0.15) is 10.6 Å². The molecular weight excluding hydrogens is 390 g/mol. The Morgan fingerprint density at radius 3 is 2.70 bits per heavy atom. The van der Waals surface area contributed by atoms with Gasteiger partial charge in [0.25, 0.3) is 5.91 Å². The van der Waals surface area contributed by atoms with Gasteiger partial charge in [0, 0.05) is 11.8 Å². The van der Waals surface area contributed by atoms with E-state index in [9.17, 15) is 14.9 Å². The number of nitrogens with one attached hydrogen (secondary N) is 2. The number of benzene rings is 1. The predicted molar refractivity (Wildman–Crippen MR) is 89.7 cm³/mol. The maximum Gasteiger partial charge on any atom is 0.312 e. The highest BCUT2D eigenvalue weighted by Gasteiger charge is 2.16. The van der Waals surface area contributed by atoms with Crippen LogP contribution in [-0.4, -0.2) is 23.1 Å². The molecule has 0 bridgehead atoms. The monoisotopic (exact) mass is 399 g/mol. The average Bonchev–Trinajstić information content (AvgIpc) is 2.93. The van der Waals surface area contributed by atoms with Gasteiger partial charge in [0.05, 0.1) is 12.0 Å². The molecule has 0 atom stereocenters. The van der Waals surface area contributed by atoms with Crippen molar-refractivity contribution in [1.82, 2.24) is 5.32 Å². The lowest BCUT2D eigenvalue weighted by Crippen LogP contribution is -2.33. The van der Waals surface area contributed by atoms with Crippen molar-refractivity contribution in [2.75, 3.05) is 12.4 Å². The van der Waals surface area contributed by atoms with Crippen LogP contribution in [0, 0.1) is 10.1 Å². The van der Waals surface area contributed by atoms with E-state index in [0.717, 1.165) is 0 Å². The van der Waals surface area contributed by atoms with Crippen LogP contribution >= 0.6 is 28.1 Å². The van der Waals surface area contributed by atoms with E-state index in [2.05, 4.69) is 26.6 Å². The van der Waals surface area contributed by atoms with Crippen LogP contribution in [0.25, 0.3) is 0 Å². The van der Waals surface area contributed by atoms with Crippen LogP contribution in [0.3, 0.4) is 0 Å². The van der Waals surface area contributed by atoms with Crippen molar-refractivity contribution in [3.8, 4) is 5.75 Å². The summed E-state index contributed by atoms with van der Waals surface area (Å²) in [4.78, 5) is 22.2. The molecule has 1 aromatic carbocycles. The maximum atomic E-state index is 11.9. The smallest absolute Gasteiger partial charge is 0.312 e. The van der Waals surface area contributed by atoms with Crippen LogP contribution in [0.2, 0.25) is 0 Å². The number of furan rings is 1. The van der Waals surface area contributed by atoms with Gasteiger partial charge in [-0.3, -0.25) is 20.2 Å². The highest BCUT2D eigenvalue weighted by molar-refractivity contribution is 9.10. The Morgan fingerprint density at radius 1 is 1.39 bits per heavy atom. The lowest BCUT2D eigenvalue weighted by molar-refractivity contribution is -0.385. The van der Waals surface area contributed by atoms with Crippen LogP contribution in [0.15, 0.2) is 39.4 Å². The van der Waals surface area contributed by atoms with Gasteiger partial charge in [-0.1, -0.05) is 0 Å². The molecule has 23 heavy (non-hydrogen) atoms. The molecule has 0 aliphatic heterocycles. The van der Waals surface area contributed by atoms with Crippen molar-refractivity contribution < 1.29 is 18.9 Å². The number of thiocarbonyl (C=S) groups is 1. The lowest BCUT2D eigenvalue weighted by atomic mass is 10.2. The van der Waals surface area contributed by atoms with Crippen LogP contribution in [0.5, 0.6) is 5.75 Å². The van der Waals surface area contributed by atoms with Gasteiger partial charge in [-0.15, -0.1) is 0 Å². The molecule has 0 saturated carbocycles. The summed E-state index contributed by atoms with van der Waals surface area (Å²) >= 11 is 8.08. The number of rotatable bonds is 4. The molecule has 0 unspecified atom stereocenters. The molecular formula is C13H10BrN3O5S. The molecule has 0 radical (unpaired) electrons. The summed E-state index contributed by atoms with van der Waals surface area (Å²) in [5.41, 5.74) is 0.116. The van der Waals surface area contributed by atoms with E-state index in [0.29, 0.717) is 10.4 Å². The fourth-order valence-corrected chi connectivity index (χ4v) is 2.19. The van der Waals surface area contributed by atoms with Gasteiger partial charge in [0.1, 0.15) is 0 Å². The number of nitro groups is 1. The highest BCUT2D eigenvalue weighted by atomic mass is 79.9. The summed E-state index contributed by atoms with van der Waals surface area (Å²) < 4.78 is 10.4. The molecule has 0 spiro atoms. The van der Waals surface area contributed by atoms with Crippen LogP contribution < -0.4 is 15.4 Å². The number of ether oxygens (including phenoxy) is 1. The lowest BCUT2D eigenvalue weighted by Gasteiger charge is -2.09. The minimum absolute atomic E-state index is 0.0259. The molecule has 0 aliphatic rings. The molecule has 2 rings (SSSR count). The number of methoxy groups -OCH3 is 1. The first-order valence-electron chi connectivity index (χ1n) is 6.11. The number of nitro benzene ring substituents is 1. The quantitative estimate of drug-likeness (QED) is 0.462. The maximum absolute atomic E-state index is 11.9. The Labute approximate surface area is 144 Å². The zero-order valence-corrected chi connectivity index (χ0v) is 14.1. The Bertz CT molecular complexity index is 777. The highest BCUT2D eigenvalue weighted by Crippen LogP contribution is 2.29. The van der Waals surface area contributed by atoms with Gasteiger partial charge in [-0.2, -0.15) is 0 Å². The van der Waals surface area contributed by atoms with Gasteiger partial charge in [-0.05, 0) is 52.4 Å². The zero-order chi connectivity index (χ0) is 17.0. The van der Waals surface area contributed by atoms with E-state index in [1.165, 1.54) is 31.4 Å². The fourth-order valence-electron chi connectivity index (χ4n) is 1.67. The van der Waals surface area contributed by atoms with Crippen molar-refractivity contribution in [2.24, 2.45) is 0 Å². The van der Waals surface area contributed by atoms with E-state index >= 15 is 0 Å². The third-order valence-corrected chi connectivity index (χ3v) is 3.29. The Balaban J connectivity index is 2.07. The molecule has 10 heteroatoms. The second-order valence-corrected chi connectivity index (χ2v) is 5.35. The number of nitrogens with zero attached hydrogens (tertiary/aromatic N) is 1.